The third kappa shape index (κ3) is 7.92. The molecule has 0 radical (unpaired) electrons. The molecule has 0 bridgehead atoms. The lowest BCUT2D eigenvalue weighted by Crippen LogP contribution is -2.56. The van der Waals surface area contributed by atoms with Crippen molar-refractivity contribution >= 4 is 41.2 Å². The van der Waals surface area contributed by atoms with E-state index in [1.165, 1.54) is 6.39 Å². The van der Waals surface area contributed by atoms with Crippen LogP contribution in [0, 0.1) is 5.92 Å². The van der Waals surface area contributed by atoms with Crippen molar-refractivity contribution in [3.63, 3.8) is 0 Å². The zero-order valence-electron chi connectivity index (χ0n) is 28.4. The highest BCUT2D eigenvalue weighted by molar-refractivity contribution is 5.97. The average molecular weight is 690 g/mol. The maximum absolute atomic E-state index is 14.0. The van der Waals surface area contributed by atoms with Crippen LogP contribution in [0.4, 0.5) is 5.69 Å². The van der Waals surface area contributed by atoms with E-state index in [-0.39, 0.29) is 48.3 Å². The number of nitrogens with two attached hydrogens (primary N) is 2. The number of aliphatic imine (C=N–C) groups is 1. The van der Waals surface area contributed by atoms with E-state index < -0.39 is 18.1 Å². The number of piperidine rings is 1. The Morgan fingerprint density at radius 3 is 2.04 bits per heavy atom. The molecule has 5 amide bonds. The van der Waals surface area contributed by atoms with Gasteiger partial charge in [0.05, 0.1) is 6.20 Å². The largest absolute Gasteiger partial charge is 0.444 e. The fourth-order valence-electron chi connectivity index (χ4n) is 7.76. The second-order valence-corrected chi connectivity index (χ2v) is 13.7. The standard InChI is InChI=1S/C35H47N9O6/c36-35(37)39-20-23-12-17-41(18-13-23)32(47)26-7-3-15-43(26)34(49)28-9-4-16-44(28)33(48)27-8-2-14-42(27)31(46)11-10-30(45)40-25-6-1-5-24(19-25)29-21-38-22-50-29/h1,5-6,19,21-23,26-28H,2-4,7-18,20H2,(H,40,45)(H4,36,37,39)/t26-,27-,28-/m0/s1. The molecule has 15 heteroatoms. The molecule has 4 saturated heterocycles. The van der Waals surface area contributed by atoms with Crippen LogP contribution in [-0.4, -0.2) is 117 Å². The number of rotatable bonds is 10. The number of oxazole rings is 1. The zero-order chi connectivity index (χ0) is 35.2. The minimum Gasteiger partial charge on any atom is -0.444 e. The molecule has 1 aromatic carbocycles. The van der Waals surface area contributed by atoms with Gasteiger partial charge in [0.1, 0.15) is 18.1 Å². The minimum atomic E-state index is -0.672. The summed E-state index contributed by atoms with van der Waals surface area (Å²) in [6.07, 6.45) is 8.15. The number of anilines is 1. The summed E-state index contributed by atoms with van der Waals surface area (Å²) in [6, 6.07) is 5.30. The minimum absolute atomic E-state index is 0.0358. The molecule has 0 saturated carbocycles. The first-order valence-corrected chi connectivity index (χ1v) is 17.7. The van der Waals surface area contributed by atoms with Gasteiger partial charge in [-0.1, -0.05) is 12.1 Å². The number of carbonyl (C=O) groups excluding carboxylic acids is 5. The maximum atomic E-state index is 14.0. The smallest absolute Gasteiger partial charge is 0.246 e. The zero-order valence-corrected chi connectivity index (χ0v) is 28.4. The third-order valence-electron chi connectivity index (χ3n) is 10.4. The van der Waals surface area contributed by atoms with Crippen molar-refractivity contribution in [1.82, 2.24) is 24.6 Å². The van der Waals surface area contributed by atoms with E-state index in [9.17, 15) is 24.0 Å². The summed E-state index contributed by atoms with van der Waals surface area (Å²) < 4.78 is 5.33. The number of guanidine groups is 1. The molecule has 15 nitrogen and oxygen atoms in total. The highest BCUT2D eigenvalue weighted by atomic mass is 16.3. The number of aromatic nitrogens is 1. The van der Waals surface area contributed by atoms with Crippen LogP contribution >= 0.6 is 0 Å². The second-order valence-electron chi connectivity index (χ2n) is 13.7. The number of carbonyl (C=O) groups is 5. The lowest BCUT2D eigenvalue weighted by molar-refractivity contribution is -0.152. The first-order valence-electron chi connectivity index (χ1n) is 17.7. The van der Waals surface area contributed by atoms with Crippen LogP contribution in [0.2, 0.25) is 0 Å². The van der Waals surface area contributed by atoms with Gasteiger partial charge < -0.3 is 40.8 Å². The highest BCUT2D eigenvalue weighted by Gasteiger charge is 2.46. The van der Waals surface area contributed by atoms with E-state index in [4.69, 9.17) is 15.9 Å². The van der Waals surface area contributed by atoms with E-state index >= 15 is 0 Å². The number of hydrogen-bond donors (Lipinski definition) is 3. The molecule has 2 aromatic rings. The highest BCUT2D eigenvalue weighted by Crippen LogP contribution is 2.30. The first kappa shape index (κ1) is 34.9. The van der Waals surface area contributed by atoms with Gasteiger partial charge in [0.2, 0.25) is 29.5 Å². The van der Waals surface area contributed by atoms with Crippen LogP contribution in [0.15, 0.2) is 46.3 Å². The Kier molecular flexibility index (Phi) is 11.0. The Morgan fingerprint density at radius 2 is 1.42 bits per heavy atom. The molecular weight excluding hydrogens is 642 g/mol. The van der Waals surface area contributed by atoms with E-state index in [0.717, 1.165) is 24.8 Å². The predicted octanol–water partition coefficient (Wildman–Crippen LogP) is 1.55. The summed E-state index contributed by atoms with van der Waals surface area (Å²) in [6.45, 7) is 3.08. The average Bonchev–Trinajstić information content (AvgIpc) is 3.96. The summed E-state index contributed by atoms with van der Waals surface area (Å²) in [4.78, 5) is 82.4. The molecule has 0 spiro atoms. The normalized spacial score (nSPS) is 22.5. The van der Waals surface area contributed by atoms with Gasteiger partial charge in [-0.3, -0.25) is 29.0 Å². The van der Waals surface area contributed by atoms with Crippen molar-refractivity contribution in [1.29, 1.82) is 0 Å². The Balaban J connectivity index is 1.02. The van der Waals surface area contributed by atoms with E-state index in [0.29, 0.717) is 88.7 Å². The quantitative estimate of drug-likeness (QED) is 0.245. The predicted molar refractivity (Wildman–Crippen MR) is 184 cm³/mol. The molecule has 50 heavy (non-hydrogen) atoms. The fourth-order valence-corrected chi connectivity index (χ4v) is 7.76. The summed E-state index contributed by atoms with van der Waals surface area (Å²) in [5.74, 6) is -0.0748. The van der Waals surface area contributed by atoms with Crippen LogP contribution < -0.4 is 16.8 Å². The number of nitrogens with one attached hydrogen (secondary N) is 1. The van der Waals surface area contributed by atoms with Crippen LogP contribution in [-0.2, 0) is 24.0 Å². The van der Waals surface area contributed by atoms with Gasteiger partial charge in [-0.05, 0) is 69.4 Å². The van der Waals surface area contributed by atoms with Gasteiger partial charge in [0, 0.05) is 63.4 Å². The summed E-state index contributed by atoms with van der Waals surface area (Å²) in [7, 11) is 0. The van der Waals surface area contributed by atoms with Crippen molar-refractivity contribution in [2.24, 2.45) is 22.4 Å². The Bertz CT molecular complexity index is 1580. The SMILES string of the molecule is NC(N)=NCC1CCN(C(=O)[C@@H]2CCCN2C(=O)[C@@H]2CCCN2C(=O)[C@@H]2CCCN2C(=O)CCC(=O)Nc2cccc(-c3cnco3)c2)CC1. The van der Waals surface area contributed by atoms with Gasteiger partial charge in [-0.25, -0.2) is 4.98 Å². The van der Waals surface area contributed by atoms with Gasteiger partial charge in [-0.2, -0.15) is 0 Å². The molecule has 5 heterocycles. The Labute approximate surface area is 291 Å². The molecule has 4 aliphatic rings. The molecule has 4 aliphatic heterocycles. The lowest BCUT2D eigenvalue weighted by Gasteiger charge is -2.37. The molecule has 5 N–H and O–H groups in total. The fraction of sp³-hybridized carbons (Fsp3) is 0.571. The molecule has 4 fully saturated rings. The van der Waals surface area contributed by atoms with E-state index in [1.54, 1.807) is 39.1 Å². The third-order valence-corrected chi connectivity index (χ3v) is 10.4. The summed E-state index contributed by atoms with van der Waals surface area (Å²) in [5.41, 5.74) is 12.3. The van der Waals surface area contributed by atoms with E-state index in [2.05, 4.69) is 15.3 Å². The van der Waals surface area contributed by atoms with Crippen molar-refractivity contribution in [3.8, 4) is 11.3 Å². The molecule has 0 aliphatic carbocycles. The van der Waals surface area contributed by atoms with Crippen molar-refractivity contribution in [2.45, 2.75) is 82.3 Å². The maximum Gasteiger partial charge on any atom is 0.246 e. The molecular formula is C35H47N9O6. The van der Waals surface area contributed by atoms with E-state index in [1.807, 2.05) is 11.0 Å². The first-order chi connectivity index (χ1) is 24.2. The van der Waals surface area contributed by atoms with Crippen molar-refractivity contribution in [3.05, 3.63) is 36.9 Å². The molecule has 268 valence electrons. The lowest BCUT2D eigenvalue weighted by atomic mass is 9.96. The number of nitrogens with zero attached hydrogens (tertiary/aromatic N) is 6. The Hall–Kier alpha value is -4.95. The molecule has 1 aromatic heterocycles. The second kappa shape index (κ2) is 15.7. The Morgan fingerprint density at radius 1 is 0.800 bits per heavy atom. The summed E-state index contributed by atoms with van der Waals surface area (Å²) in [5, 5.41) is 2.83. The topological polar surface area (TPSA) is 201 Å². The van der Waals surface area contributed by atoms with Crippen LogP contribution in [0.3, 0.4) is 0 Å². The van der Waals surface area contributed by atoms with Crippen LogP contribution in [0.1, 0.15) is 64.2 Å². The van der Waals surface area contributed by atoms with Crippen LogP contribution in [0.25, 0.3) is 11.3 Å². The van der Waals surface area contributed by atoms with Gasteiger partial charge in [0.15, 0.2) is 18.1 Å². The molecule has 0 unspecified atom stereocenters. The van der Waals surface area contributed by atoms with Crippen LogP contribution in [0.5, 0.6) is 0 Å². The van der Waals surface area contributed by atoms with Gasteiger partial charge in [0.25, 0.3) is 0 Å². The monoisotopic (exact) mass is 689 g/mol. The number of amides is 5. The summed E-state index contributed by atoms with van der Waals surface area (Å²) >= 11 is 0. The molecule has 6 rings (SSSR count). The number of hydrogen-bond acceptors (Lipinski definition) is 8. The van der Waals surface area contributed by atoms with Gasteiger partial charge >= 0.3 is 0 Å². The van der Waals surface area contributed by atoms with Gasteiger partial charge in [-0.15, -0.1) is 0 Å². The number of likely N-dealkylation sites (tertiary alicyclic amines) is 4. The number of benzene rings is 1. The van der Waals surface area contributed by atoms with Crippen molar-refractivity contribution < 1.29 is 28.4 Å². The molecule has 3 atom stereocenters. The van der Waals surface area contributed by atoms with Crippen molar-refractivity contribution in [2.75, 3.05) is 44.6 Å².